The zero-order chi connectivity index (χ0) is 19.9. The second-order valence-electron chi connectivity index (χ2n) is 7.02. The van der Waals surface area contributed by atoms with E-state index in [9.17, 15) is 9.59 Å². The molecule has 1 unspecified atom stereocenters. The molecule has 1 saturated heterocycles. The predicted octanol–water partition coefficient (Wildman–Crippen LogP) is 3.56. The average Bonchev–Trinajstić information content (AvgIpc) is 3.17. The number of benzene rings is 1. The van der Waals surface area contributed by atoms with Gasteiger partial charge >= 0.3 is 6.03 Å². The van der Waals surface area contributed by atoms with E-state index in [4.69, 9.17) is 4.74 Å². The smallest absolute Gasteiger partial charge is 0.322 e. The highest BCUT2D eigenvalue weighted by Crippen LogP contribution is 2.22. The fourth-order valence-electron chi connectivity index (χ4n) is 3.20. The largest absolute Gasteiger partial charge is 0.376 e. The van der Waals surface area contributed by atoms with Gasteiger partial charge in [-0.1, -0.05) is 12.1 Å². The van der Waals surface area contributed by atoms with Gasteiger partial charge in [0.2, 0.25) is 5.91 Å². The van der Waals surface area contributed by atoms with Crippen molar-refractivity contribution in [2.45, 2.75) is 39.3 Å². The van der Waals surface area contributed by atoms with Crippen LogP contribution in [-0.2, 0) is 16.1 Å². The number of aromatic nitrogens is 1. The van der Waals surface area contributed by atoms with Crippen LogP contribution in [0.25, 0.3) is 0 Å². The summed E-state index contributed by atoms with van der Waals surface area (Å²) in [6.45, 7) is 5.08. The standard InChI is InChI=1S/C21H26N4O3/c1-15-7-8-18(23-16(2)26)11-20(15)24-21(27)25(14-19-6-4-10-28-19)13-17-5-3-9-22-12-17/h3,5,7-9,11-12,19H,4,6,10,13-14H2,1-2H3,(H,23,26)(H,24,27). The number of carbonyl (C=O) groups excluding carboxylic acids is 2. The monoisotopic (exact) mass is 382 g/mol. The van der Waals surface area contributed by atoms with E-state index in [2.05, 4.69) is 15.6 Å². The van der Waals surface area contributed by atoms with Crippen LogP contribution in [0.3, 0.4) is 0 Å². The maximum Gasteiger partial charge on any atom is 0.322 e. The summed E-state index contributed by atoms with van der Waals surface area (Å²) in [6, 6.07) is 9.05. The highest BCUT2D eigenvalue weighted by molar-refractivity contribution is 5.93. The molecule has 1 fully saturated rings. The lowest BCUT2D eigenvalue weighted by Crippen LogP contribution is -2.39. The fraction of sp³-hybridized carbons (Fsp3) is 0.381. The first kappa shape index (κ1) is 19.8. The summed E-state index contributed by atoms with van der Waals surface area (Å²) >= 11 is 0. The van der Waals surface area contributed by atoms with Crippen molar-refractivity contribution in [2.75, 3.05) is 23.8 Å². The topological polar surface area (TPSA) is 83.6 Å². The summed E-state index contributed by atoms with van der Waals surface area (Å²) in [7, 11) is 0. The van der Waals surface area contributed by atoms with Crippen molar-refractivity contribution in [3.05, 3.63) is 53.9 Å². The van der Waals surface area contributed by atoms with E-state index in [1.54, 1.807) is 23.4 Å². The molecule has 3 rings (SSSR count). The summed E-state index contributed by atoms with van der Waals surface area (Å²) in [5.74, 6) is -0.155. The van der Waals surface area contributed by atoms with Crippen LogP contribution in [0.15, 0.2) is 42.7 Å². The molecule has 2 heterocycles. The fourth-order valence-corrected chi connectivity index (χ4v) is 3.20. The molecule has 0 radical (unpaired) electrons. The summed E-state index contributed by atoms with van der Waals surface area (Å²) in [6.07, 6.45) is 5.50. The van der Waals surface area contributed by atoms with Crippen LogP contribution in [0.1, 0.15) is 30.9 Å². The third-order valence-corrected chi connectivity index (χ3v) is 4.63. The Kier molecular flexibility index (Phi) is 6.60. The lowest BCUT2D eigenvalue weighted by Gasteiger charge is -2.26. The number of urea groups is 1. The van der Waals surface area contributed by atoms with Gasteiger partial charge in [0.25, 0.3) is 0 Å². The van der Waals surface area contributed by atoms with Crippen molar-refractivity contribution >= 4 is 23.3 Å². The number of carbonyl (C=O) groups is 2. The van der Waals surface area contributed by atoms with Gasteiger partial charge in [0.05, 0.1) is 6.10 Å². The molecule has 7 heteroatoms. The maximum absolute atomic E-state index is 13.0. The number of ether oxygens (including phenoxy) is 1. The Morgan fingerprint density at radius 1 is 1.29 bits per heavy atom. The zero-order valence-electron chi connectivity index (χ0n) is 16.3. The average molecular weight is 382 g/mol. The van der Waals surface area contributed by atoms with Crippen molar-refractivity contribution in [3.8, 4) is 0 Å². The summed E-state index contributed by atoms with van der Waals surface area (Å²) < 4.78 is 5.72. The van der Waals surface area contributed by atoms with E-state index >= 15 is 0 Å². The van der Waals surface area contributed by atoms with Crippen molar-refractivity contribution in [2.24, 2.45) is 0 Å². The number of nitrogens with zero attached hydrogens (tertiary/aromatic N) is 2. The van der Waals surface area contributed by atoms with E-state index in [-0.39, 0.29) is 18.0 Å². The molecular weight excluding hydrogens is 356 g/mol. The van der Waals surface area contributed by atoms with Crippen LogP contribution in [-0.4, -0.2) is 41.1 Å². The molecule has 0 spiro atoms. The number of aryl methyl sites for hydroxylation is 1. The minimum absolute atomic E-state index is 0.0502. The van der Waals surface area contributed by atoms with Crippen molar-refractivity contribution < 1.29 is 14.3 Å². The van der Waals surface area contributed by atoms with Gasteiger partial charge in [0.1, 0.15) is 0 Å². The molecule has 0 aliphatic carbocycles. The van der Waals surface area contributed by atoms with Gasteiger partial charge in [0.15, 0.2) is 0 Å². The molecule has 2 aromatic rings. The number of rotatable bonds is 6. The van der Waals surface area contributed by atoms with E-state index in [0.29, 0.717) is 24.5 Å². The summed E-state index contributed by atoms with van der Waals surface area (Å²) in [5, 5.41) is 5.72. The van der Waals surface area contributed by atoms with Crippen LogP contribution in [0, 0.1) is 6.92 Å². The zero-order valence-corrected chi connectivity index (χ0v) is 16.3. The van der Waals surface area contributed by atoms with Gasteiger partial charge in [-0.25, -0.2) is 4.79 Å². The van der Waals surface area contributed by atoms with Gasteiger partial charge in [-0.05, 0) is 49.1 Å². The normalized spacial score (nSPS) is 15.9. The van der Waals surface area contributed by atoms with Crippen molar-refractivity contribution in [1.82, 2.24) is 9.88 Å². The van der Waals surface area contributed by atoms with Gasteiger partial charge in [-0.2, -0.15) is 0 Å². The molecule has 148 valence electrons. The maximum atomic E-state index is 13.0. The highest BCUT2D eigenvalue weighted by atomic mass is 16.5. The predicted molar refractivity (Wildman–Crippen MR) is 108 cm³/mol. The first-order valence-corrected chi connectivity index (χ1v) is 9.46. The Bertz CT molecular complexity index is 820. The molecule has 7 nitrogen and oxygen atoms in total. The number of anilines is 2. The van der Waals surface area contributed by atoms with Gasteiger partial charge in [-0.3, -0.25) is 9.78 Å². The first-order chi connectivity index (χ1) is 13.5. The minimum Gasteiger partial charge on any atom is -0.376 e. The van der Waals surface area contributed by atoms with E-state index in [1.165, 1.54) is 6.92 Å². The molecule has 1 aliphatic heterocycles. The quantitative estimate of drug-likeness (QED) is 0.800. The third-order valence-electron chi connectivity index (χ3n) is 4.63. The SMILES string of the molecule is CC(=O)Nc1ccc(C)c(NC(=O)N(Cc2cccnc2)CC2CCCO2)c1. The molecule has 28 heavy (non-hydrogen) atoms. The van der Waals surface area contributed by atoms with Crippen LogP contribution in [0.5, 0.6) is 0 Å². The van der Waals surface area contributed by atoms with Gasteiger partial charge in [-0.15, -0.1) is 0 Å². The highest BCUT2D eigenvalue weighted by Gasteiger charge is 2.23. The first-order valence-electron chi connectivity index (χ1n) is 9.46. The number of amides is 3. The third kappa shape index (κ3) is 5.53. The molecule has 1 aromatic carbocycles. The van der Waals surface area contributed by atoms with Gasteiger partial charge < -0.3 is 20.3 Å². The Balaban J connectivity index is 1.75. The summed E-state index contributed by atoms with van der Waals surface area (Å²) in [5.41, 5.74) is 3.19. The van der Waals surface area contributed by atoms with Crippen LogP contribution in [0.4, 0.5) is 16.2 Å². The Morgan fingerprint density at radius 3 is 2.82 bits per heavy atom. The number of hydrogen-bond donors (Lipinski definition) is 2. The van der Waals surface area contributed by atoms with E-state index < -0.39 is 0 Å². The Labute approximate surface area is 165 Å². The number of pyridine rings is 1. The molecule has 0 saturated carbocycles. The lowest BCUT2D eigenvalue weighted by atomic mass is 10.1. The minimum atomic E-state index is -0.206. The number of hydrogen-bond acceptors (Lipinski definition) is 4. The van der Waals surface area contributed by atoms with E-state index in [0.717, 1.165) is 30.6 Å². The van der Waals surface area contributed by atoms with Crippen molar-refractivity contribution in [3.63, 3.8) is 0 Å². The molecule has 1 atom stereocenters. The molecule has 3 amide bonds. The van der Waals surface area contributed by atoms with Crippen LogP contribution >= 0.6 is 0 Å². The molecule has 0 bridgehead atoms. The van der Waals surface area contributed by atoms with Crippen LogP contribution in [0.2, 0.25) is 0 Å². The lowest BCUT2D eigenvalue weighted by molar-refractivity contribution is -0.114. The van der Waals surface area contributed by atoms with Crippen LogP contribution < -0.4 is 10.6 Å². The van der Waals surface area contributed by atoms with Crippen molar-refractivity contribution in [1.29, 1.82) is 0 Å². The van der Waals surface area contributed by atoms with Gasteiger partial charge in [0, 0.05) is 50.4 Å². The molecule has 1 aliphatic rings. The second-order valence-corrected chi connectivity index (χ2v) is 7.02. The van der Waals surface area contributed by atoms with E-state index in [1.807, 2.05) is 31.2 Å². The molecular formula is C21H26N4O3. The Morgan fingerprint density at radius 2 is 2.14 bits per heavy atom. The Hall–Kier alpha value is -2.93. The molecule has 2 N–H and O–H groups in total. The number of nitrogens with one attached hydrogen (secondary N) is 2. The summed E-state index contributed by atoms with van der Waals surface area (Å²) in [4.78, 5) is 30.2. The second kappa shape index (κ2) is 9.32. The molecule has 1 aromatic heterocycles.